The molecule has 2 amide bonds. The van der Waals surface area contributed by atoms with Crippen LogP contribution in [0.1, 0.15) is 46.6 Å². The van der Waals surface area contributed by atoms with Crippen molar-refractivity contribution >= 4 is 26.3 Å². The van der Waals surface area contributed by atoms with Gasteiger partial charge in [0.2, 0.25) is 5.91 Å². The van der Waals surface area contributed by atoms with Crippen LogP contribution in [0.4, 0.5) is 4.79 Å². The lowest BCUT2D eigenvalue weighted by atomic mass is 10.0. The van der Waals surface area contributed by atoms with Crippen LogP contribution < -0.4 is 0 Å². The van der Waals surface area contributed by atoms with Gasteiger partial charge in [-0.25, -0.2) is 9.59 Å². The number of esters is 1. The fourth-order valence-corrected chi connectivity index (χ4v) is 5.44. The molecule has 0 aromatic heterocycles. The van der Waals surface area contributed by atoms with Crippen LogP contribution in [0.3, 0.4) is 0 Å². The van der Waals surface area contributed by atoms with Gasteiger partial charge in [-0.15, -0.1) is 0 Å². The van der Waals surface area contributed by atoms with E-state index < -0.39 is 32.5 Å². The Hall–Kier alpha value is -2.39. The van der Waals surface area contributed by atoms with Gasteiger partial charge in [0.25, 0.3) is 0 Å². The number of benzene rings is 1. The van der Waals surface area contributed by atoms with Crippen molar-refractivity contribution in [3.05, 3.63) is 35.9 Å². The average Bonchev–Trinajstić information content (AvgIpc) is 3.19. The van der Waals surface area contributed by atoms with E-state index in [0.717, 1.165) is 5.56 Å². The third-order valence-corrected chi connectivity index (χ3v) is 11.6. The Morgan fingerprint density at radius 1 is 1.14 bits per heavy atom. The molecule has 35 heavy (non-hydrogen) atoms. The van der Waals surface area contributed by atoms with Crippen molar-refractivity contribution in [2.45, 2.75) is 84.0 Å². The fraction of sp³-hybridized carbons (Fsp3) is 0.654. The van der Waals surface area contributed by atoms with Gasteiger partial charge in [-0.3, -0.25) is 9.69 Å². The molecule has 1 fully saturated rings. The highest BCUT2D eigenvalue weighted by molar-refractivity contribution is 6.74. The molecule has 196 valence electrons. The Labute approximate surface area is 211 Å². The topological polar surface area (TPSA) is 85.4 Å². The number of hydrogen-bond acceptors (Lipinski definition) is 6. The van der Waals surface area contributed by atoms with Crippen molar-refractivity contribution in [2.24, 2.45) is 5.92 Å². The van der Waals surface area contributed by atoms with E-state index >= 15 is 0 Å². The van der Waals surface area contributed by atoms with E-state index in [1.54, 1.807) is 7.05 Å². The molecule has 1 aliphatic rings. The molecule has 1 aromatic carbocycles. The molecule has 2 rings (SSSR count). The van der Waals surface area contributed by atoms with Crippen LogP contribution in [0, 0.1) is 5.92 Å². The lowest BCUT2D eigenvalue weighted by Crippen LogP contribution is -2.54. The number of likely N-dealkylation sites (N-methyl/N-ethyl adjacent to an activating group) is 1. The Balaban J connectivity index is 2.20. The number of likely N-dealkylation sites (tertiary alicyclic amines) is 1. The molecule has 8 nitrogen and oxygen atoms in total. The van der Waals surface area contributed by atoms with E-state index in [1.165, 1.54) is 16.9 Å². The van der Waals surface area contributed by atoms with Gasteiger partial charge in [0.1, 0.15) is 18.7 Å². The van der Waals surface area contributed by atoms with Crippen molar-refractivity contribution in [1.82, 2.24) is 9.80 Å². The van der Waals surface area contributed by atoms with Crippen LogP contribution in [0.15, 0.2) is 30.3 Å². The molecular formula is C26H42N2O6Si. The first-order chi connectivity index (χ1) is 16.2. The van der Waals surface area contributed by atoms with Gasteiger partial charge < -0.3 is 18.8 Å². The smallest absolute Gasteiger partial charge is 0.410 e. The maximum atomic E-state index is 13.8. The van der Waals surface area contributed by atoms with E-state index in [1.807, 2.05) is 44.2 Å². The lowest BCUT2D eigenvalue weighted by molar-refractivity contribution is -0.153. The minimum absolute atomic E-state index is 0.00557. The van der Waals surface area contributed by atoms with Gasteiger partial charge in [0, 0.05) is 20.0 Å². The zero-order valence-corrected chi connectivity index (χ0v) is 23.7. The van der Waals surface area contributed by atoms with Gasteiger partial charge in [-0.05, 0) is 29.6 Å². The minimum Gasteiger partial charge on any atom is -0.467 e. The van der Waals surface area contributed by atoms with Gasteiger partial charge >= 0.3 is 12.1 Å². The number of carbonyl (C=O) groups excluding carboxylic acids is 3. The van der Waals surface area contributed by atoms with E-state index in [0.29, 0.717) is 6.42 Å². The second-order valence-electron chi connectivity index (χ2n) is 11.1. The highest BCUT2D eigenvalue weighted by Crippen LogP contribution is 2.39. The molecule has 0 aliphatic carbocycles. The van der Waals surface area contributed by atoms with Gasteiger partial charge in [0.15, 0.2) is 8.32 Å². The number of ether oxygens (including phenoxy) is 2. The molecule has 0 radical (unpaired) electrons. The number of amides is 2. The molecule has 1 saturated heterocycles. The Morgan fingerprint density at radius 3 is 2.26 bits per heavy atom. The van der Waals surface area contributed by atoms with Gasteiger partial charge in [-0.1, -0.05) is 65.0 Å². The second-order valence-corrected chi connectivity index (χ2v) is 15.9. The quantitative estimate of drug-likeness (QED) is 0.383. The highest BCUT2D eigenvalue weighted by Gasteiger charge is 2.48. The highest BCUT2D eigenvalue weighted by atomic mass is 28.4. The lowest BCUT2D eigenvalue weighted by Gasteiger charge is -2.38. The van der Waals surface area contributed by atoms with Crippen molar-refractivity contribution in [1.29, 1.82) is 0 Å². The summed E-state index contributed by atoms with van der Waals surface area (Å²) in [5.74, 6) is -0.984. The van der Waals surface area contributed by atoms with Crippen LogP contribution in [0.5, 0.6) is 0 Å². The predicted octanol–water partition coefficient (Wildman–Crippen LogP) is 4.44. The van der Waals surface area contributed by atoms with Crippen LogP contribution in [-0.2, 0) is 30.1 Å². The van der Waals surface area contributed by atoms with Gasteiger partial charge in [0.05, 0.1) is 13.2 Å². The monoisotopic (exact) mass is 506 g/mol. The van der Waals surface area contributed by atoms with Crippen LogP contribution >= 0.6 is 0 Å². The first-order valence-corrected chi connectivity index (χ1v) is 15.1. The Kier molecular flexibility index (Phi) is 9.53. The van der Waals surface area contributed by atoms with E-state index in [4.69, 9.17) is 13.9 Å². The van der Waals surface area contributed by atoms with E-state index in [9.17, 15) is 14.4 Å². The van der Waals surface area contributed by atoms with Crippen molar-refractivity contribution < 1.29 is 28.3 Å². The molecular weight excluding hydrogens is 464 g/mol. The molecule has 9 heteroatoms. The molecule has 0 bridgehead atoms. The van der Waals surface area contributed by atoms with E-state index in [2.05, 4.69) is 33.9 Å². The number of nitrogens with zero attached hydrogens (tertiary/aromatic N) is 2. The number of rotatable bonds is 8. The Morgan fingerprint density at radius 2 is 1.74 bits per heavy atom. The number of hydrogen-bond donors (Lipinski definition) is 0. The molecule has 0 N–H and O–H groups in total. The summed E-state index contributed by atoms with van der Waals surface area (Å²) in [6, 6.07) is 7.82. The predicted molar refractivity (Wildman–Crippen MR) is 137 cm³/mol. The number of methoxy groups -OCH3 is 1. The minimum atomic E-state index is -2.12. The summed E-state index contributed by atoms with van der Waals surface area (Å²) in [6.45, 7) is 14.9. The summed E-state index contributed by atoms with van der Waals surface area (Å²) in [7, 11) is 0.763. The molecule has 0 spiro atoms. The Bertz CT molecular complexity index is 884. The van der Waals surface area contributed by atoms with Gasteiger partial charge in [-0.2, -0.15) is 0 Å². The normalized spacial score (nSPS) is 19.4. The van der Waals surface area contributed by atoms with Crippen molar-refractivity contribution in [3.8, 4) is 0 Å². The summed E-state index contributed by atoms with van der Waals surface area (Å²) in [4.78, 5) is 42.1. The summed E-state index contributed by atoms with van der Waals surface area (Å²) in [5, 5.41) is -0.00557. The first kappa shape index (κ1) is 28.8. The summed E-state index contributed by atoms with van der Waals surface area (Å²) < 4.78 is 17.0. The van der Waals surface area contributed by atoms with Crippen LogP contribution in [0.25, 0.3) is 0 Å². The molecule has 1 aliphatic heterocycles. The average molecular weight is 507 g/mol. The zero-order valence-electron chi connectivity index (χ0n) is 22.7. The number of carbonyl (C=O) groups is 3. The largest absolute Gasteiger partial charge is 0.467 e. The van der Waals surface area contributed by atoms with Crippen LogP contribution in [-0.4, -0.2) is 75.0 Å². The third-order valence-electron chi connectivity index (χ3n) is 7.08. The molecule has 0 saturated carbocycles. The zero-order chi connectivity index (χ0) is 26.6. The summed E-state index contributed by atoms with van der Waals surface area (Å²) in [5.41, 5.74) is 0.859. The van der Waals surface area contributed by atoms with E-state index in [-0.39, 0.29) is 36.1 Å². The summed E-state index contributed by atoms with van der Waals surface area (Å²) in [6.07, 6.45) is -0.492. The first-order valence-electron chi connectivity index (χ1n) is 12.2. The van der Waals surface area contributed by atoms with Crippen molar-refractivity contribution in [3.63, 3.8) is 0 Å². The SMILES string of the molecule is COC(=O)[C@@H]1C[C@H](O[Si](C)(C)C(C)(C)C)CN1C(=O)[C@H](C(C)C)N(C)C(=O)OCc1ccccc1. The maximum Gasteiger partial charge on any atom is 0.410 e. The maximum absolute atomic E-state index is 13.8. The molecule has 1 aromatic rings. The molecule has 1 heterocycles. The molecule has 0 unspecified atom stereocenters. The molecule has 3 atom stereocenters. The fourth-order valence-electron chi connectivity index (χ4n) is 4.08. The standard InChI is InChI=1S/C26H42N2O6Si/c1-18(2)22(27(6)25(31)33-17-19-13-11-10-12-14-19)23(29)28-16-20(15-21(28)24(30)32-7)34-35(8,9)26(3,4)5/h10-14,18,20-22H,15-17H2,1-9H3/t20-,21-,22-/m0/s1. The van der Waals surface area contributed by atoms with Crippen molar-refractivity contribution in [2.75, 3.05) is 20.7 Å². The van der Waals surface area contributed by atoms with Crippen LogP contribution in [0.2, 0.25) is 18.1 Å². The third kappa shape index (κ3) is 7.07. The summed E-state index contributed by atoms with van der Waals surface area (Å²) >= 11 is 0. The second kappa shape index (κ2) is 11.6.